The molecule has 0 atom stereocenters. The zero-order valence-electron chi connectivity index (χ0n) is 22.6. The van der Waals surface area contributed by atoms with Gasteiger partial charge in [-0.1, -0.05) is 12.1 Å². The number of nitrogens with two attached hydrogens (primary N) is 2. The average Bonchev–Trinajstić information content (AvgIpc) is 2.96. The minimum absolute atomic E-state index is 0.00115. The molecular weight excluding hydrogens is 605 g/mol. The van der Waals surface area contributed by atoms with Crippen LogP contribution in [0.4, 0.5) is 37.7 Å². The van der Waals surface area contributed by atoms with Gasteiger partial charge in [0.2, 0.25) is 0 Å². The Morgan fingerprint density at radius 3 is 1.20 bits per heavy atom. The fourth-order valence-electron chi connectivity index (χ4n) is 4.44. The molecule has 0 bridgehead atoms. The van der Waals surface area contributed by atoms with Crippen LogP contribution in [0.3, 0.4) is 0 Å². The van der Waals surface area contributed by atoms with Crippen LogP contribution >= 0.6 is 7.14 Å². The molecule has 5 rings (SSSR count). The van der Waals surface area contributed by atoms with Crippen LogP contribution in [-0.4, -0.2) is 0 Å². The molecule has 0 aliphatic heterocycles. The van der Waals surface area contributed by atoms with E-state index in [1.807, 2.05) is 0 Å². The number of hydrogen-bond donors (Lipinski definition) is 2. The molecule has 0 aromatic heterocycles. The first-order valence-corrected chi connectivity index (χ1v) is 14.6. The SMILES string of the molecule is Nc1cccc(Oc2ccc(P(=O)(c3ccc(Oc4cccc(N)c4)cc3)c3cc(C(F)(F)F)cc(C(F)(F)F)c3)cc2)c1. The Labute approximate surface area is 248 Å². The predicted octanol–water partition coefficient (Wildman–Crippen LogP) is 8.11. The summed E-state index contributed by atoms with van der Waals surface area (Å²) in [6.07, 6.45) is -10.3. The topological polar surface area (TPSA) is 87.6 Å². The number of ether oxygens (including phenoxy) is 2. The van der Waals surface area contributed by atoms with E-state index >= 15 is 0 Å². The van der Waals surface area contributed by atoms with Crippen molar-refractivity contribution in [3.8, 4) is 23.0 Å². The van der Waals surface area contributed by atoms with E-state index in [1.165, 1.54) is 48.5 Å². The maximum absolute atomic E-state index is 15.0. The lowest BCUT2D eigenvalue weighted by Gasteiger charge is -2.23. The van der Waals surface area contributed by atoms with Crippen molar-refractivity contribution in [1.29, 1.82) is 0 Å². The Bertz CT molecular complexity index is 1710. The average molecular weight is 629 g/mol. The van der Waals surface area contributed by atoms with Gasteiger partial charge in [-0.05, 0) is 91.0 Å². The largest absolute Gasteiger partial charge is 0.457 e. The standard InChI is InChI=1S/C32H23F6N2O3P/c33-31(34,35)20-15-21(32(36,37)38)17-30(16-20)44(41,28-11-7-24(8-12-28)42-26-5-1-3-22(39)18-26)29-13-9-25(10-14-29)43-27-6-2-4-23(40)19-27/h1-19H,39-40H2. The summed E-state index contributed by atoms with van der Waals surface area (Å²) < 4.78 is 109. The zero-order chi connectivity index (χ0) is 31.7. The number of halogens is 6. The molecule has 0 heterocycles. The van der Waals surface area contributed by atoms with E-state index in [0.29, 0.717) is 35.0 Å². The van der Waals surface area contributed by atoms with Crippen molar-refractivity contribution >= 4 is 34.4 Å². The van der Waals surface area contributed by atoms with Gasteiger partial charge in [-0.3, -0.25) is 0 Å². The summed E-state index contributed by atoms with van der Waals surface area (Å²) >= 11 is 0. The molecule has 5 aromatic rings. The van der Waals surface area contributed by atoms with Crippen LogP contribution < -0.4 is 36.9 Å². The number of anilines is 2. The second-order valence-corrected chi connectivity index (χ2v) is 12.5. The van der Waals surface area contributed by atoms with Crippen molar-refractivity contribution < 1.29 is 40.4 Å². The van der Waals surface area contributed by atoms with E-state index in [0.717, 1.165) is 0 Å². The van der Waals surface area contributed by atoms with Gasteiger partial charge in [0.25, 0.3) is 0 Å². The van der Waals surface area contributed by atoms with Gasteiger partial charge in [0, 0.05) is 39.4 Å². The van der Waals surface area contributed by atoms with Gasteiger partial charge in [0.05, 0.1) is 11.1 Å². The van der Waals surface area contributed by atoms with E-state index < -0.39 is 35.9 Å². The molecule has 0 saturated heterocycles. The lowest BCUT2D eigenvalue weighted by Crippen LogP contribution is -2.27. The molecule has 0 unspecified atom stereocenters. The second-order valence-electron chi connectivity index (χ2n) is 9.71. The fraction of sp³-hybridized carbons (Fsp3) is 0.0625. The lowest BCUT2D eigenvalue weighted by atomic mass is 10.1. The maximum atomic E-state index is 15.0. The zero-order valence-corrected chi connectivity index (χ0v) is 23.5. The smallest absolute Gasteiger partial charge is 0.416 e. The van der Waals surface area contributed by atoms with E-state index in [4.69, 9.17) is 20.9 Å². The molecule has 12 heteroatoms. The van der Waals surface area contributed by atoms with Crippen molar-refractivity contribution in [1.82, 2.24) is 0 Å². The van der Waals surface area contributed by atoms with Gasteiger partial charge in [-0.2, -0.15) is 26.3 Å². The van der Waals surface area contributed by atoms with E-state index in [2.05, 4.69) is 0 Å². The van der Waals surface area contributed by atoms with Crippen LogP contribution in [-0.2, 0) is 16.9 Å². The molecule has 0 amide bonds. The van der Waals surface area contributed by atoms with Crippen molar-refractivity contribution in [2.45, 2.75) is 12.4 Å². The molecule has 5 aromatic carbocycles. The van der Waals surface area contributed by atoms with Gasteiger partial charge in [-0.25, -0.2) is 0 Å². The molecule has 0 spiro atoms. The Morgan fingerprint density at radius 2 is 0.864 bits per heavy atom. The van der Waals surface area contributed by atoms with Crippen LogP contribution in [0.25, 0.3) is 0 Å². The minimum Gasteiger partial charge on any atom is -0.457 e. The summed E-state index contributed by atoms with van der Waals surface area (Å²) in [5.41, 5.74) is 9.28. The molecule has 44 heavy (non-hydrogen) atoms. The highest BCUT2D eigenvalue weighted by atomic mass is 31.2. The Kier molecular flexibility index (Phi) is 8.09. The van der Waals surface area contributed by atoms with E-state index in [9.17, 15) is 30.9 Å². The molecule has 4 N–H and O–H groups in total. The summed E-state index contributed by atoms with van der Waals surface area (Å²) in [7, 11) is -4.34. The number of alkyl halides is 6. The summed E-state index contributed by atoms with van der Waals surface area (Å²) in [4.78, 5) is 0. The number of rotatable bonds is 7. The Hall–Kier alpha value is -4.89. The number of benzene rings is 5. The first-order chi connectivity index (χ1) is 20.7. The third-order valence-corrected chi connectivity index (χ3v) is 9.56. The van der Waals surface area contributed by atoms with Gasteiger partial charge >= 0.3 is 12.4 Å². The first-order valence-electron chi connectivity index (χ1n) is 12.9. The highest BCUT2D eigenvalue weighted by Crippen LogP contribution is 2.46. The molecule has 5 nitrogen and oxygen atoms in total. The fourth-order valence-corrected chi connectivity index (χ4v) is 7.12. The summed E-state index contributed by atoms with van der Waals surface area (Å²) in [6, 6.07) is 25.1. The van der Waals surface area contributed by atoms with Crippen LogP contribution in [0.1, 0.15) is 11.1 Å². The van der Waals surface area contributed by atoms with Gasteiger partial charge in [0.1, 0.15) is 23.0 Å². The van der Waals surface area contributed by atoms with Crippen LogP contribution in [0.5, 0.6) is 23.0 Å². The van der Waals surface area contributed by atoms with E-state index in [-0.39, 0.29) is 28.2 Å². The lowest BCUT2D eigenvalue weighted by molar-refractivity contribution is -0.142. The molecule has 0 radical (unpaired) electrons. The Morgan fingerprint density at radius 1 is 0.477 bits per heavy atom. The van der Waals surface area contributed by atoms with Crippen molar-refractivity contribution in [3.63, 3.8) is 0 Å². The van der Waals surface area contributed by atoms with Crippen LogP contribution in [0.15, 0.2) is 115 Å². The predicted molar refractivity (Wildman–Crippen MR) is 158 cm³/mol. The molecule has 226 valence electrons. The third kappa shape index (κ3) is 6.68. The van der Waals surface area contributed by atoms with Crippen LogP contribution in [0, 0.1) is 0 Å². The minimum atomic E-state index is -5.13. The van der Waals surface area contributed by atoms with Crippen molar-refractivity contribution in [2.24, 2.45) is 0 Å². The monoisotopic (exact) mass is 628 g/mol. The molecule has 0 aliphatic carbocycles. The number of hydrogen-bond acceptors (Lipinski definition) is 5. The van der Waals surface area contributed by atoms with Crippen molar-refractivity contribution in [2.75, 3.05) is 11.5 Å². The highest BCUT2D eigenvalue weighted by Gasteiger charge is 2.40. The molecule has 0 fully saturated rings. The Balaban J connectivity index is 1.62. The summed E-state index contributed by atoms with van der Waals surface area (Å²) in [6.45, 7) is 0. The quantitative estimate of drug-likeness (QED) is 0.108. The van der Waals surface area contributed by atoms with E-state index in [1.54, 1.807) is 48.5 Å². The van der Waals surface area contributed by atoms with Crippen molar-refractivity contribution in [3.05, 3.63) is 126 Å². The first kappa shape index (κ1) is 30.6. The summed E-state index contributed by atoms with van der Waals surface area (Å²) in [5, 5.41) is -0.683. The molecule has 0 aliphatic rings. The van der Waals surface area contributed by atoms with Gasteiger partial charge in [-0.15, -0.1) is 0 Å². The maximum Gasteiger partial charge on any atom is 0.416 e. The summed E-state index contributed by atoms with van der Waals surface area (Å²) in [5.74, 6) is 1.34. The number of nitrogen functional groups attached to an aromatic ring is 2. The van der Waals surface area contributed by atoms with Gasteiger partial charge < -0.3 is 25.5 Å². The van der Waals surface area contributed by atoms with Crippen LogP contribution in [0.2, 0.25) is 0 Å². The van der Waals surface area contributed by atoms with Gasteiger partial charge in [0.15, 0.2) is 7.14 Å². The molecule has 0 saturated carbocycles. The highest BCUT2D eigenvalue weighted by molar-refractivity contribution is 7.85. The third-order valence-electron chi connectivity index (χ3n) is 6.52. The molecular formula is C32H23F6N2O3P. The normalized spacial score (nSPS) is 12.1. The second kappa shape index (κ2) is 11.7.